The van der Waals surface area contributed by atoms with Gasteiger partial charge in [-0.15, -0.1) is 17.0 Å². The second kappa shape index (κ2) is 5.22. The van der Waals surface area contributed by atoms with Gasteiger partial charge in [0.2, 0.25) is 0 Å². The van der Waals surface area contributed by atoms with E-state index in [1.807, 2.05) is 6.07 Å². The third-order valence-corrected chi connectivity index (χ3v) is 4.75. The van der Waals surface area contributed by atoms with Crippen LogP contribution in [0.15, 0.2) is 24.3 Å². The summed E-state index contributed by atoms with van der Waals surface area (Å²) in [6, 6.07) is 9.97. The molecule has 3 rings (SSSR count). The number of nitrogens with one attached hydrogen (secondary N) is 1. The molecule has 0 radical (unpaired) electrons. The molecule has 2 aliphatic rings. The highest BCUT2D eigenvalue weighted by atomic mass is 79.9. The summed E-state index contributed by atoms with van der Waals surface area (Å²) in [6.07, 6.45) is 5.29. The monoisotopic (exact) mass is 311 g/mol. The molecule has 1 heterocycles. The zero-order valence-electron chi connectivity index (χ0n) is 11.1. The molecule has 2 nitrogen and oxygen atoms in total. The molecule has 0 amide bonds. The van der Waals surface area contributed by atoms with Crippen LogP contribution in [0.5, 0.6) is 5.75 Å². The van der Waals surface area contributed by atoms with E-state index in [0.29, 0.717) is 11.5 Å². The van der Waals surface area contributed by atoms with Crippen LogP contribution in [-0.2, 0) is 5.41 Å². The van der Waals surface area contributed by atoms with E-state index < -0.39 is 0 Å². The van der Waals surface area contributed by atoms with E-state index in [4.69, 9.17) is 4.74 Å². The van der Waals surface area contributed by atoms with Gasteiger partial charge in [-0.3, -0.25) is 0 Å². The topological polar surface area (TPSA) is 21.3 Å². The third-order valence-electron chi connectivity index (χ3n) is 4.75. The van der Waals surface area contributed by atoms with Crippen LogP contribution in [-0.4, -0.2) is 19.2 Å². The van der Waals surface area contributed by atoms with Crippen LogP contribution in [0.1, 0.15) is 38.2 Å². The van der Waals surface area contributed by atoms with E-state index in [1.54, 1.807) is 7.11 Å². The van der Waals surface area contributed by atoms with E-state index >= 15 is 0 Å². The van der Waals surface area contributed by atoms with E-state index in [-0.39, 0.29) is 17.0 Å². The Morgan fingerprint density at radius 3 is 3.00 bits per heavy atom. The third kappa shape index (κ3) is 2.08. The molecule has 3 heteroatoms. The number of hydrogen-bond acceptors (Lipinski definition) is 2. The maximum atomic E-state index is 5.36. The molecule has 18 heavy (non-hydrogen) atoms. The fraction of sp³-hybridized carbons (Fsp3) is 0.600. The maximum absolute atomic E-state index is 5.36. The Kier molecular flexibility index (Phi) is 4.02. The predicted octanol–water partition coefficient (Wildman–Crippen LogP) is 3.45. The number of benzene rings is 1. The molecule has 1 aromatic carbocycles. The molecule has 2 fully saturated rings. The molecule has 100 valence electrons. The minimum Gasteiger partial charge on any atom is -0.497 e. The summed E-state index contributed by atoms with van der Waals surface area (Å²) >= 11 is 0. The molecule has 1 saturated heterocycles. The molecule has 0 aromatic heterocycles. The zero-order valence-corrected chi connectivity index (χ0v) is 12.8. The van der Waals surface area contributed by atoms with Crippen molar-refractivity contribution in [3.63, 3.8) is 0 Å². The zero-order chi connectivity index (χ0) is 11.9. The average Bonchev–Trinajstić information content (AvgIpc) is 2.60. The van der Waals surface area contributed by atoms with E-state index in [9.17, 15) is 0 Å². The lowest BCUT2D eigenvalue weighted by atomic mass is 9.68. The van der Waals surface area contributed by atoms with Crippen LogP contribution < -0.4 is 10.1 Å². The normalized spacial score (nSPS) is 33.9. The van der Waals surface area contributed by atoms with Crippen LogP contribution in [0.4, 0.5) is 0 Å². The highest BCUT2D eigenvalue weighted by Crippen LogP contribution is 2.47. The molecule has 3 atom stereocenters. The summed E-state index contributed by atoms with van der Waals surface area (Å²) in [4.78, 5) is 0. The molecule has 1 aliphatic carbocycles. The second-order valence-electron chi connectivity index (χ2n) is 5.57. The number of rotatable bonds is 2. The molecule has 1 aliphatic heterocycles. The Balaban J connectivity index is 0.00000120. The van der Waals surface area contributed by atoms with Gasteiger partial charge in [0.05, 0.1) is 7.11 Å². The van der Waals surface area contributed by atoms with Gasteiger partial charge in [0.1, 0.15) is 5.75 Å². The van der Waals surface area contributed by atoms with Crippen molar-refractivity contribution >= 4 is 17.0 Å². The van der Waals surface area contributed by atoms with Crippen molar-refractivity contribution in [2.45, 2.75) is 50.1 Å². The lowest BCUT2D eigenvalue weighted by Crippen LogP contribution is -2.37. The van der Waals surface area contributed by atoms with Crippen molar-refractivity contribution in [3.8, 4) is 5.75 Å². The average molecular weight is 312 g/mol. The number of hydrogen-bond donors (Lipinski definition) is 1. The Hall–Kier alpha value is -0.540. The van der Waals surface area contributed by atoms with Crippen LogP contribution in [0.2, 0.25) is 0 Å². The Labute approximate surface area is 120 Å². The molecule has 1 saturated carbocycles. The second-order valence-corrected chi connectivity index (χ2v) is 5.57. The maximum Gasteiger partial charge on any atom is 0.119 e. The first-order valence-corrected chi connectivity index (χ1v) is 6.65. The summed E-state index contributed by atoms with van der Waals surface area (Å²) in [5, 5.41) is 3.75. The quantitative estimate of drug-likeness (QED) is 0.903. The van der Waals surface area contributed by atoms with Gasteiger partial charge in [-0.1, -0.05) is 18.6 Å². The van der Waals surface area contributed by atoms with Crippen LogP contribution in [0.3, 0.4) is 0 Å². The minimum absolute atomic E-state index is 0. The molecule has 2 bridgehead atoms. The summed E-state index contributed by atoms with van der Waals surface area (Å²) in [6.45, 7) is 2.34. The van der Waals surface area contributed by atoms with E-state index in [0.717, 1.165) is 11.8 Å². The van der Waals surface area contributed by atoms with Gasteiger partial charge in [-0.05, 0) is 43.9 Å². The predicted molar refractivity (Wildman–Crippen MR) is 79.8 cm³/mol. The van der Waals surface area contributed by atoms with Gasteiger partial charge in [-0.2, -0.15) is 0 Å². The number of halogens is 1. The molecular weight excluding hydrogens is 290 g/mol. The standard InChI is InChI=1S/C15H21NO.BrH/c1-11-15(8-4-6-13(10-15)16-11)12-5-3-7-14(9-12)17-2;/h3,5,7,9,11,13,16H,4,6,8,10H2,1-2H3;1H. The molecule has 1 N–H and O–H groups in total. The summed E-state index contributed by atoms with van der Waals surface area (Å²) in [7, 11) is 1.75. The largest absolute Gasteiger partial charge is 0.497 e. The lowest BCUT2D eigenvalue weighted by molar-refractivity contribution is 0.318. The van der Waals surface area contributed by atoms with Gasteiger partial charge in [-0.25, -0.2) is 0 Å². The summed E-state index contributed by atoms with van der Waals surface area (Å²) < 4.78 is 5.36. The van der Waals surface area contributed by atoms with Crippen molar-refractivity contribution in [1.29, 1.82) is 0 Å². The first kappa shape index (κ1) is 13.9. The Morgan fingerprint density at radius 2 is 2.22 bits per heavy atom. The van der Waals surface area contributed by atoms with Gasteiger partial charge >= 0.3 is 0 Å². The molecule has 0 spiro atoms. The van der Waals surface area contributed by atoms with Gasteiger partial charge in [0.15, 0.2) is 0 Å². The summed E-state index contributed by atoms with van der Waals surface area (Å²) in [5.41, 5.74) is 1.80. The van der Waals surface area contributed by atoms with Crippen molar-refractivity contribution in [2.24, 2.45) is 0 Å². The smallest absolute Gasteiger partial charge is 0.119 e. The number of methoxy groups -OCH3 is 1. The number of ether oxygens (including phenoxy) is 1. The highest BCUT2D eigenvalue weighted by molar-refractivity contribution is 8.93. The Bertz CT molecular complexity index is 423. The lowest BCUT2D eigenvalue weighted by Gasteiger charge is -2.36. The van der Waals surface area contributed by atoms with E-state index in [1.165, 1.54) is 31.2 Å². The minimum atomic E-state index is 0. The fourth-order valence-electron chi connectivity index (χ4n) is 3.80. The van der Waals surface area contributed by atoms with Gasteiger partial charge in [0.25, 0.3) is 0 Å². The first-order chi connectivity index (χ1) is 8.24. The molecule has 3 unspecified atom stereocenters. The van der Waals surface area contributed by atoms with Crippen LogP contribution >= 0.6 is 17.0 Å². The highest BCUT2D eigenvalue weighted by Gasteiger charge is 2.48. The van der Waals surface area contributed by atoms with Crippen molar-refractivity contribution in [3.05, 3.63) is 29.8 Å². The van der Waals surface area contributed by atoms with Crippen molar-refractivity contribution in [1.82, 2.24) is 5.32 Å². The van der Waals surface area contributed by atoms with Crippen LogP contribution in [0.25, 0.3) is 0 Å². The van der Waals surface area contributed by atoms with Crippen LogP contribution in [0, 0.1) is 0 Å². The Morgan fingerprint density at radius 1 is 1.39 bits per heavy atom. The van der Waals surface area contributed by atoms with Gasteiger partial charge in [0, 0.05) is 17.5 Å². The van der Waals surface area contributed by atoms with E-state index in [2.05, 4.69) is 30.4 Å². The van der Waals surface area contributed by atoms with Crippen molar-refractivity contribution < 1.29 is 4.74 Å². The fourth-order valence-corrected chi connectivity index (χ4v) is 3.80. The first-order valence-electron chi connectivity index (χ1n) is 6.65. The number of fused-ring (bicyclic) bond motifs is 2. The SMILES string of the molecule is Br.COc1cccc(C23CCCC(C2)NC3C)c1. The molecular formula is C15H22BrNO. The van der Waals surface area contributed by atoms with Crippen molar-refractivity contribution in [2.75, 3.05) is 7.11 Å². The summed E-state index contributed by atoms with van der Waals surface area (Å²) in [5.74, 6) is 0.984. The van der Waals surface area contributed by atoms with Gasteiger partial charge < -0.3 is 10.1 Å². The molecule has 1 aromatic rings.